The van der Waals surface area contributed by atoms with Gasteiger partial charge < -0.3 is 4.90 Å². The van der Waals surface area contributed by atoms with Gasteiger partial charge in [0, 0.05) is 24.7 Å². The number of aryl methyl sites for hydroxylation is 2. The van der Waals surface area contributed by atoms with Crippen molar-refractivity contribution in [2.24, 2.45) is 5.10 Å². The Labute approximate surface area is 168 Å². The Kier molecular flexibility index (Phi) is 5.87. The Hall–Kier alpha value is -2.62. The van der Waals surface area contributed by atoms with Crippen LogP contribution in [0.25, 0.3) is 0 Å². The molecular formula is C24H31N3O. The average Bonchev–Trinajstić information content (AvgIpc) is 2.66. The van der Waals surface area contributed by atoms with E-state index in [4.69, 9.17) is 0 Å². The zero-order chi connectivity index (χ0) is 20.3. The molecule has 1 N–H and O–H groups in total. The highest BCUT2D eigenvalue weighted by molar-refractivity contribution is 5.85. The minimum Gasteiger partial charge on any atom is -0.369 e. The molecule has 0 aliphatic carbocycles. The topological polar surface area (TPSA) is 44.7 Å². The Balaban J connectivity index is 1.66. The van der Waals surface area contributed by atoms with Crippen LogP contribution < -0.4 is 10.3 Å². The lowest BCUT2D eigenvalue weighted by Gasteiger charge is -2.45. The van der Waals surface area contributed by atoms with Gasteiger partial charge in [0.1, 0.15) is 0 Å². The van der Waals surface area contributed by atoms with E-state index in [0.717, 1.165) is 29.5 Å². The second-order valence-corrected chi connectivity index (χ2v) is 8.52. The summed E-state index contributed by atoms with van der Waals surface area (Å²) < 4.78 is 0. The number of benzene rings is 2. The number of nitrogens with zero attached hydrogens (tertiary/aromatic N) is 2. The van der Waals surface area contributed by atoms with E-state index in [-0.39, 0.29) is 11.4 Å². The average molecular weight is 378 g/mol. The quantitative estimate of drug-likeness (QED) is 0.601. The number of amides is 1. The molecule has 1 atom stereocenters. The molecule has 3 rings (SSSR count). The van der Waals surface area contributed by atoms with E-state index in [2.05, 4.69) is 62.3 Å². The summed E-state index contributed by atoms with van der Waals surface area (Å²) in [4.78, 5) is 14.4. The molecule has 28 heavy (non-hydrogen) atoms. The fraction of sp³-hybridized carbons (Fsp3) is 0.417. The Bertz CT molecular complexity index is 871. The first-order chi connectivity index (χ1) is 13.3. The Morgan fingerprint density at radius 2 is 2.00 bits per heavy atom. The van der Waals surface area contributed by atoms with Gasteiger partial charge in [-0.15, -0.1) is 0 Å². The molecule has 0 unspecified atom stereocenters. The SMILES string of the molecule is Cc1cc2c(cc1/C=N/NC(=O)CCc1ccccc1)[C@@H](C)CC(C)(C)N2C. The predicted molar refractivity (Wildman–Crippen MR) is 117 cm³/mol. The summed E-state index contributed by atoms with van der Waals surface area (Å²) in [5.74, 6) is 0.431. The van der Waals surface area contributed by atoms with E-state index in [1.165, 1.54) is 11.3 Å². The van der Waals surface area contributed by atoms with Crippen LogP contribution in [0.5, 0.6) is 0 Å². The first kappa shape index (κ1) is 20.1. The molecule has 0 saturated carbocycles. The van der Waals surface area contributed by atoms with Crippen LogP contribution in [0.2, 0.25) is 0 Å². The van der Waals surface area contributed by atoms with Crippen LogP contribution in [-0.4, -0.2) is 24.7 Å². The third-order valence-electron chi connectivity index (χ3n) is 5.90. The second-order valence-electron chi connectivity index (χ2n) is 8.52. The van der Waals surface area contributed by atoms with Crippen molar-refractivity contribution in [3.8, 4) is 0 Å². The summed E-state index contributed by atoms with van der Waals surface area (Å²) >= 11 is 0. The van der Waals surface area contributed by atoms with E-state index >= 15 is 0 Å². The van der Waals surface area contributed by atoms with Gasteiger partial charge in [-0.1, -0.05) is 37.3 Å². The minimum absolute atomic E-state index is 0.0643. The van der Waals surface area contributed by atoms with E-state index in [1.54, 1.807) is 6.21 Å². The standard InChI is InChI=1S/C24H31N3O/c1-17-13-22-21(18(2)15-24(3,4)27(22)5)14-20(17)16-25-26-23(28)12-11-19-9-7-6-8-10-19/h6-10,13-14,16,18H,11-12,15H2,1-5H3,(H,26,28)/b25-16+/t18-/m0/s1. The first-order valence-corrected chi connectivity index (χ1v) is 10.0. The van der Waals surface area contributed by atoms with E-state index < -0.39 is 0 Å². The molecule has 1 aliphatic heterocycles. The number of hydrogen-bond donors (Lipinski definition) is 1. The van der Waals surface area contributed by atoms with Gasteiger partial charge >= 0.3 is 0 Å². The van der Waals surface area contributed by atoms with Crippen LogP contribution >= 0.6 is 0 Å². The summed E-state index contributed by atoms with van der Waals surface area (Å²) in [5.41, 5.74) is 8.85. The molecule has 1 amide bonds. The zero-order valence-corrected chi connectivity index (χ0v) is 17.6. The summed E-state index contributed by atoms with van der Waals surface area (Å²) in [6, 6.07) is 14.5. The maximum atomic E-state index is 12.1. The van der Waals surface area contributed by atoms with Gasteiger partial charge in [0.05, 0.1) is 6.21 Å². The van der Waals surface area contributed by atoms with Crippen molar-refractivity contribution in [1.29, 1.82) is 0 Å². The third kappa shape index (κ3) is 4.44. The first-order valence-electron chi connectivity index (χ1n) is 10.0. The van der Waals surface area contributed by atoms with Gasteiger partial charge in [-0.25, -0.2) is 5.43 Å². The lowest BCUT2D eigenvalue weighted by molar-refractivity contribution is -0.121. The van der Waals surface area contributed by atoms with Crippen LogP contribution in [0.15, 0.2) is 47.6 Å². The fourth-order valence-corrected chi connectivity index (χ4v) is 4.01. The van der Waals surface area contributed by atoms with Crippen molar-refractivity contribution in [2.75, 3.05) is 11.9 Å². The van der Waals surface area contributed by atoms with Crippen LogP contribution in [0.1, 0.15) is 61.8 Å². The van der Waals surface area contributed by atoms with Gasteiger partial charge in [-0.3, -0.25) is 4.79 Å². The smallest absolute Gasteiger partial charge is 0.240 e. The molecule has 4 nitrogen and oxygen atoms in total. The van der Waals surface area contributed by atoms with Crippen molar-refractivity contribution in [2.45, 2.75) is 58.4 Å². The van der Waals surface area contributed by atoms with Crippen molar-refractivity contribution < 1.29 is 4.79 Å². The van der Waals surface area contributed by atoms with Crippen LogP contribution in [0.3, 0.4) is 0 Å². The zero-order valence-electron chi connectivity index (χ0n) is 17.6. The maximum absolute atomic E-state index is 12.1. The van der Waals surface area contributed by atoms with Gasteiger partial charge in [-0.05, 0) is 73.9 Å². The molecule has 4 heteroatoms. The molecular weight excluding hydrogens is 346 g/mol. The van der Waals surface area contributed by atoms with Crippen LogP contribution in [0, 0.1) is 6.92 Å². The summed E-state index contributed by atoms with van der Waals surface area (Å²) in [7, 11) is 2.17. The van der Waals surface area contributed by atoms with Crippen molar-refractivity contribution in [3.05, 3.63) is 64.7 Å². The van der Waals surface area contributed by atoms with Gasteiger partial charge in [0.25, 0.3) is 0 Å². The highest BCUT2D eigenvalue weighted by Crippen LogP contribution is 2.43. The molecule has 0 fully saturated rings. The van der Waals surface area contributed by atoms with Crippen LogP contribution in [0.4, 0.5) is 5.69 Å². The second kappa shape index (κ2) is 8.17. The minimum atomic E-state index is -0.0643. The van der Waals surface area contributed by atoms with Gasteiger partial charge in [-0.2, -0.15) is 5.10 Å². The van der Waals surface area contributed by atoms with Crippen molar-refractivity contribution in [3.63, 3.8) is 0 Å². The summed E-state index contributed by atoms with van der Waals surface area (Å²) in [6.45, 7) is 8.97. The number of fused-ring (bicyclic) bond motifs is 1. The number of nitrogens with one attached hydrogen (secondary N) is 1. The Morgan fingerprint density at radius 1 is 1.29 bits per heavy atom. The normalized spacial score (nSPS) is 18.2. The highest BCUT2D eigenvalue weighted by atomic mass is 16.2. The summed E-state index contributed by atoms with van der Waals surface area (Å²) in [5, 5.41) is 4.20. The highest BCUT2D eigenvalue weighted by Gasteiger charge is 2.34. The molecule has 2 aromatic rings. The molecule has 0 saturated heterocycles. The van der Waals surface area contributed by atoms with Gasteiger partial charge in [0.15, 0.2) is 0 Å². The fourth-order valence-electron chi connectivity index (χ4n) is 4.01. The number of hydrazone groups is 1. The van der Waals surface area contributed by atoms with E-state index in [1.807, 2.05) is 30.3 Å². The van der Waals surface area contributed by atoms with Crippen molar-refractivity contribution >= 4 is 17.8 Å². The largest absolute Gasteiger partial charge is 0.369 e. The van der Waals surface area contributed by atoms with Crippen LogP contribution in [-0.2, 0) is 11.2 Å². The Morgan fingerprint density at radius 3 is 2.71 bits per heavy atom. The molecule has 1 aliphatic rings. The molecule has 0 spiro atoms. The molecule has 1 heterocycles. The lowest BCUT2D eigenvalue weighted by Crippen LogP contribution is -2.45. The number of anilines is 1. The number of carbonyl (C=O) groups is 1. The monoisotopic (exact) mass is 377 g/mol. The van der Waals surface area contributed by atoms with Crippen molar-refractivity contribution in [1.82, 2.24) is 5.43 Å². The molecule has 148 valence electrons. The third-order valence-corrected chi connectivity index (χ3v) is 5.90. The summed E-state index contributed by atoms with van der Waals surface area (Å²) in [6.07, 6.45) is 4.04. The molecule has 0 radical (unpaired) electrons. The molecule has 0 bridgehead atoms. The molecule has 2 aromatic carbocycles. The number of carbonyl (C=O) groups excluding carboxylic acids is 1. The maximum Gasteiger partial charge on any atom is 0.240 e. The van der Waals surface area contributed by atoms with Gasteiger partial charge in [0.2, 0.25) is 5.91 Å². The van der Waals surface area contributed by atoms with E-state index in [9.17, 15) is 4.79 Å². The van der Waals surface area contributed by atoms with E-state index in [0.29, 0.717) is 12.3 Å². The number of rotatable bonds is 5. The number of hydrogen-bond acceptors (Lipinski definition) is 3. The molecule has 0 aromatic heterocycles. The lowest BCUT2D eigenvalue weighted by atomic mass is 9.79. The predicted octanol–water partition coefficient (Wildman–Crippen LogP) is 4.80.